The second-order valence-electron chi connectivity index (χ2n) is 3.38. The van der Waals surface area contributed by atoms with Crippen LogP contribution in [0, 0.1) is 0 Å². The molecule has 0 aliphatic carbocycles. The summed E-state index contributed by atoms with van der Waals surface area (Å²) < 4.78 is 0. The molecule has 0 saturated carbocycles. The molecule has 3 unspecified atom stereocenters. The molecule has 2 fully saturated rings. The van der Waals surface area contributed by atoms with Crippen LogP contribution < -0.4 is 0 Å². The van der Waals surface area contributed by atoms with Gasteiger partial charge in [0.25, 0.3) is 0 Å². The molecule has 0 N–H and O–H groups in total. The summed E-state index contributed by atoms with van der Waals surface area (Å²) in [5.41, 5.74) is 0.731. The molecule has 0 aromatic heterocycles. The lowest BCUT2D eigenvalue weighted by molar-refractivity contribution is 0.382. The Labute approximate surface area is 57.0 Å². The first-order chi connectivity index (χ1) is 4.35. The van der Waals surface area contributed by atoms with E-state index in [2.05, 4.69) is 18.7 Å². The number of nitrogens with zero attached hydrogens (tertiary/aromatic N) is 1. The van der Waals surface area contributed by atoms with Gasteiger partial charge in [-0.1, -0.05) is 20.3 Å². The molecule has 0 spiro atoms. The van der Waals surface area contributed by atoms with E-state index in [-0.39, 0.29) is 0 Å². The van der Waals surface area contributed by atoms with Gasteiger partial charge in [-0.2, -0.15) is 0 Å². The summed E-state index contributed by atoms with van der Waals surface area (Å²) in [5, 5.41) is 0. The molecule has 52 valence electrons. The van der Waals surface area contributed by atoms with Gasteiger partial charge in [0, 0.05) is 18.1 Å². The molecule has 0 aromatic rings. The zero-order valence-electron chi connectivity index (χ0n) is 6.35. The first-order valence-electron chi connectivity index (χ1n) is 4.12. The molecule has 3 atom stereocenters. The van der Waals surface area contributed by atoms with E-state index in [1.165, 1.54) is 25.8 Å². The van der Waals surface area contributed by atoms with E-state index in [1.54, 1.807) is 0 Å². The summed E-state index contributed by atoms with van der Waals surface area (Å²) in [5.74, 6) is 0. The van der Waals surface area contributed by atoms with E-state index >= 15 is 0 Å². The first kappa shape index (κ1) is 5.72. The van der Waals surface area contributed by atoms with Gasteiger partial charge in [-0.3, -0.25) is 4.90 Å². The molecule has 0 amide bonds. The number of fused-ring (bicyclic) bond motifs is 1. The summed E-state index contributed by atoms with van der Waals surface area (Å²) in [6.45, 7) is 6.02. The standard InChI is InChI=1S/C8H15N/c1-3-5-8(4-2)7-6-9(7)8/h7H,3-6H2,1-2H3. The van der Waals surface area contributed by atoms with Gasteiger partial charge in [-0.25, -0.2) is 0 Å². The highest BCUT2D eigenvalue weighted by molar-refractivity contribution is 5.29. The molecule has 0 radical (unpaired) electrons. The van der Waals surface area contributed by atoms with Gasteiger partial charge in [-0.15, -0.1) is 0 Å². The molecular weight excluding hydrogens is 110 g/mol. The van der Waals surface area contributed by atoms with Crippen LogP contribution in [0.25, 0.3) is 0 Å². The fourth-order valence-corrected chi connectivity index (χ4v) is 2.24. The monoisotopic (exact) mass is 125 g/mol. The molecule has 1 nitrogen and oxygen atoms in total. The largest absolute Gasteiger partial charge is 0.288 e. The van der Waals surface area contributed by atoms with Crippen LogP contribution in [0.3, 0.4) is 0 Å². The van der Waals surface area contributed by atoms with E-state index in [0.29, 0.717) is 0 Å². The fraction of sp³-hybridized carbons (Fsp3) is 1.00. The Morgan fingerprint density at radius 3 is 2.33 bits per heavy atom. The summed E-state index contributed by atoms with van der Waals surface area (Å²) in [6.07, 6.45) is 4.18. The van der Waals surface area contributed by atoms with E-state index in [4.69, 9.17) is 0 Å². The Kier molecular flexibility index (Phi) is 0.963. The van der Waals surface area contributed by atoms with Gasteiger partial charge >= 0.3 is 0 Å². The zero-order valence-corrected chi connectivity index (χ0v) is 6.35. The van der Waals surface area contributed by atoms with Gasteiger partial charge in [0.2, 0.25) is 0 Å². The number of rotatable bonds is 3. The third kappa shape index (κ3) is 0.536. The van der Waals surface area contributed by atoms with Crippen LogP contribution in [0.2, 0.25) is 0 Å². The number of hydrogen-bond acceptors (Lipinski definition) is 1. The minimum atomic E-state index is 0.731. The van der Waals surface area contributed by atoms with Crippen LogP contribution in [-0.2, 0) is 0 Å². The van der Waals surface area contributed by atoms with Gasteiger partial charge in [-0.05, 0) is 12.8 Å². The zero-order chi connectivity index (χ0) is 6.48. The average molecular weight is 125 g/mol. The molecule has 2 aliphatic heterocycles. The predicted octanol–water partition coefficient (Wildman–Crippen LogP) is 1.63. The van der Waals surface area contributed by atoms with Gasteiger partial charge in [0.15, 0.2) is 0 Å². The van der Waals surface area contributed by atoms with Crippen LogP contribution in [0.1, 0.15) is 33.1 Å². The highest BCUT2D eigenvalue weighted by Gasteiger charge is 2.72. The Morgan fingerprint density at radius 1 is 1.56 bits per heavy atom. The van der Waals surface area contributed by atoms with E-state index < -0.39 is 0 Å². The third-order valence-corrected chi connectivity index (χ3v) is 3.03. The van der Waals surface area contributed by atoms with Crippen molar-refractivity contribution in [2.75, 3.05) is 6.54 Å². The Hall–Kier alpha value is -0.0400. The molecular formula is C8H15N. The Balaban J connectivity index is 1.91. The van der Waals surface area contributed by atoms with E-state index in [9.17, 15) is 0 Å². The van der Waals surface area contributed by atoms with Crippen molar-refractivity contribution in [2.24, 2.45) is 0 Å². The van der Waals surface area contributed by atoms with E-state index in [1.807, 2.05) is 0 Å². The maximum atomic E-state index is 2.62. The highest BCUT2D eigenvalue weighted by Crippen LogP contribution is 2.58. The van der Waals surface area contributed by atoms with Crippen LogP contribution in [-0.4, -0.2) is 23.0 Å². The van der Waals surface area contributed by atoms with Gasteiger partial charge < -0.3 is 0 Å². The van der Waals surface area contributed by atoms with Crippen molar-refractivity contribution in [3.8, 4) is 0 Å². The van der Waals surface area contributed by atoms with Gasteiger partial charge in [0.05, 0.1) is 0 Å². The van der Waals surface area contributed by atoms with Crippen molar-refractivity contribution in [1.82, 2.24) is 4.90 Å². The maximum Gasteiger partial charge on any atom is 0.0414 e. The molecule has 0 bridgehead atoms. The lowest BCUT2D eigenvalue weighted by Crippen LogP contribution is -2.24. The lowest BCUT2D eigenvalue weighted by Gasteiger charge is -2.17. The first-order valence-corrected chi connectivity index (χ1v) is 4.12. The lowest BCUT2D eigenvalue weighted by atomic mass is 9.94. The van der Waals surface area contributed by atoms with E-state index in [0.717, 1.165) is 11.6 Å². The smallest absolute Gasteiger partial charge is 0.0414 e. The molecule has 2 aliphatic rings. The fourth-order valence-electron chi connectivity index (χ4n) is 2.24. The number of hydrogen-bond donors (Lipinski definition) is 0. The summed E-state index contributed by atoms with van der Waals surface area (Å²) in [4.78, 5) is 2.62. The molecule has 2 rings (SSSR count). The van der Waals surface area contributed by atoms with Crippen molar-refractivity contribution in [3.05, 3.63) is 0 Å². The molecule has 2 heterocycles. The van der Waals surface area contributed by atoms with Crippen molar-refractivity contribution in [3.63, 3.8) is 0 Å². The summed E-state index contributed by atoms with van der Waals surface area (Å²) in [6, 6.07) is 1.03. The summed E-state index contributed by atoms with van der Waals surface area (Å²) >= 11 is 0. The summed E-state index contributed by atoms with van der Waals surface area (Å²) in [7, 11) is 0. The SMILES string of the molecule is CCCC1(CC)C2CN21. The maximum absolute atomic E-state index is 2.62. The quantitative estimate of drug-likeness (QED) is 0.518. The normalized spacial score (nSPS) is 52.7. The minimum absolute atomic E-state index is 0.731. The van der Waals surface area contributed by atoms with Crippen molar-refractivity contribution in [2.45, 2.75) is 44.7 Å². The Morgan fingerprint density at radius 2 is 2.22 bits per heavy atom. The van der Waals surface area contributed by atoms with Crippen molar-refractivity contribution >= 4 is 0 Å². The molecule has 9 heavy (non-hydrogen) atoms. The van der Waals surface area contributed by atoms with Crippen LogP contribution in [0.5, 0.6) is 0 Å². The molecule has 1 heteroatoms. The topological polar surface area (TPSA) is 3.01 Å². The average Bonchev–Trinajstić information content (AvgIpc) is 2.67. The second kappa shape index (κ2) is 1.51. The third-order valence-electron chi connectivity index (χ3n) is 3.03. The van der Waals surface area contributed by atoms with Crippen LogP contribution in [0.15, 0.2) is 0 Å². The predicted molar refractivity (Wildman–Crippen MR) is 38.4 cm³/mol. The Bertz CT molecular complexity index is 123. The molecule has 0 aromatic carbocycles. The van der Waals surface area contributed by atoms with Crippen molar-refractivity contribution < 1.29 is 0 Å². The minimum Gasteiger partial charge on any atom is -0.288 e. The molecule has 2 saturated heterocycles. The van der Waals surface area contributed by atoms with Crippen LogP contribution >= 0.6 is 0 Å². The van der Waals surface area contributed by atoms with Crippen molar-refractivity contribution in [1.29, 1.82) is 0 Å². The highest BCUT2D eigenvalue weighted by atomic mass is 15.5. The van der Waals surface area contributed by atoms with Crippen LogP contribution in [0.4, 0.5) is 0 Å². The second-order valence-corrected chi connectivity index (χ2v) is 3.38. The van der Waals surface area contributed by atoms with Gasteiger partial charge in [0.1, 0.15) is 0 Å².